The Bertz CT molecular complexity index is 337. The Hall–Kier alpha value is -0.820. The van der Waals surface area contributed by atoms with Crippen LogP contribution in [0.15, 0.2) is 24.3 Å². The molecule has 0 spiro atoms. The average molecular weight is 233 g/mol. The molecule has 0 amide bonds. The van der Waals surface area contributed by atoms with E-state index >= 15 is 0 Å². The van der Waals surface area contributed by atoms with E-state index in [0.29, 0.717) is 11.8 Å². The van der Waals surface area contributed by atoms with Gasteiger partial charge in [0.15, 0.2) is 0 Å². The highest BCUT2D eigenvalue weighted by molar-refractivity contribution is 5.26. The van der Waals surface area contributed by atoms with Gasteiger partial charge < -0.3 is 5.73 Å². The highest BCUT2D eigenvalue weighted by atomic mass is 14.7. The smallest absolute Gasteiger partial charge is 0.0215 e. The summed E-state index contributed by atoms with van der Waals surface area (Å²) >= 11 is 0. The van der Waals surface area contributed by atoms with Gasteiger partial charge in [-0.25, -0.2) is 0 Å². The Morgan fingerprint density at radius 3 is 1.94 bits per heavy atom. The maximum Gasteiger partial charge on any atom is 0.0215 e. The van der Waals surface area contributed by atoms with Crippen LogP contribution in [0.1, 0.15) is 58.1 Å². The molecule has 0 saturated carbocycles. The van der Waals surface area contributed by atoms with E-state index in [1.54, 1.807) is 0 Å². The second-order valence-electron chi connectivity index (χ2n) is 5.81. The molecule has 0 saturated heterocycles. The molecule has 0 bridgehead atoms. The molecule has 0 heterocycles. The molecule has 1 atom stereocenters. The lowest BCUT2D eigenvalue weighted by molar-refractivity contribution is 0.296. The Morgan fingerprint density at radius 2 is 1.59 bits per heavy atom. The summed E-state index contributed by atoms with van der Waals surface area (Å²) < 4.78 is 0. The monoisotopic (exact) mass is 233 g/mol. The molecule has 2 N–H and O–H groups in total. The highest BCUT2D eigenvalue weighted by Gasteiger charge is 2.26. The lowest BCUT2D eigenvalue weighted by Gasteiger charge is -2.32. The molecule has 0 aromatic heterocycles. The molecule has 0 aliphatic heterocycles. The van der Waals surface area contributed by atoms with Crippen molar-refractivity contribution < 1.29 is 0 Å². The van der Waals surface area contributed by atoms with Crippen molar-refractivity contribution in [2.24, 2.45) is 11.7 Å². The number of hydrogen-bond acceptors (Lipinski definition) is 1. The minimum atomic E-state index is -0.0701. The highest BCUT2D eigenvalue weighted by Crippen LogP contribution is 2.24. The third-order valence-electron chi connectivity index (χ3n) is 3.99. The molecule has 0 fully saturated rings. The first kappa shape index (κ1) is 14.2. The Labute approximate surface area is 106 Å². The Morgan fingerprint density at radius 1 is 1.06 bits per heavy atom. The molecule has 0 aliphatic carbocycles. The van der Waals surface area contributed by atoms with Crippen LogP contribution in [-0.4, -0.2) is 5.54 Å². The molecule has 96 valence electrons. The van der Waals surface area contributed by atoms with Crippen LogP contribution in [0.25, 0.3) is 0 Å². The lowest BCUT2D eigenvalue weighted by atomic mass is 9.79. The van der Waals surface area contributed by atoms with Crippen molar-refractivity contribution in [2.45, 2.75) is 58.9 Å². The number of hydrogen-bond donors (Lipinski definition) is 1. The number of benzene rings is 1. The van der Waals surface area contributed by atoms with Crippen LogP contribution >= 0.6 is 0 Å². The molecule has 1 unspecified atom stereocenters. The molecule has 17 heavy (non-hydrogen) atoms. The van der Waals surface area contributed by atoms with Crippen molar-refractivity contribution in [3.05, 3.63) is 35.4 Å². The zero-order chi connectivity index (χ0) is 13.1. The predicted molar refractivity (Wildman–Crippen MR) is 76.3 cm³/mol. The lowest BCUT2D eigenvalue weighted by Crippen LogP contribution is -2.46. The standard InChI is InChI=1S/C16H27N/c1-6-16(17,13(4)5)11-14-7-9-15(10-8-14)12(2)3/h7-10,12-13H,6,11,17H2,1-5H3. The quantitative estimate of drug-likeness (QED) is 0.813. The van der Waals surface area contributed by atoms with Crippen molar-refractivity contribution >= 4 is 0 Å². The SMILES string of the molecule is CCC(N)(Cc1ccc(C(C)C)cc1)C(C)C. The van der Waals surface area contributed by atoms with Crippen molar-refractivity contribution in [1.29, 1.82) is 0 Å². The van der Waals surface area contributed by atoms with Crippen LogP contribution < -0.4 is 5.73 Å². The summed E-state index contributed by atoms with van der Waals surface area (Å²) in [6.07, 6.45) is 2.00. The zero-order valence-corrected chi connectivity index (χ0v) is 12.0. The fourth-order valence-corrected chi connectivity index (χ4v) is 2.14. The summed E-state index contributed by atoms with van der Waals surface area (Å²) in [5, 5.41) is 0. The van der Waals surface area contributed by atoms with Gasteiger partial charge in [0, 0.05) is 5.54 Å². The average Bonchev–Trinajstić information content (AvgIpc) is 2.29. The first-order chi connectivity index (χ1) is 7.89. The van der Waals surface area contributed by atoms with E-state index in [0.717, 1.165) is 12.8 Å². The van der Waals surface area contributed by atoms with Gasteiger partial charge in [-0.2, -0.15) is 0 Å². The van der Waals surface area contributed by atoms with Gasteiger partial charge in [0.05, 0.1) is 0 Å². The first-order valence-corrected chi connectivity index (χ1v) is 6.76. The van der Waals surface area contributed by atoms with Gasteiger partial charge in [0.2, 0.25) is 0 Å². The zero-order valence-electron chi connectivity index (χ0n) is 12.0. The molecule has 1 aromatic carbocycles. The van der Waals surface area contributed by atoms with Crippen LogP contribution in [0, 0.1) is 5.92 Å². The van der Waals surface area contributed by atoms with E-state index in [2.05, 4.69) is 58.9 Å². The van der Waals surface area contributed by atoms with Crippen LogP contribution in [0.3, 0.4) is 0 Å². The van der Waals surface area contributed by atoms with Crippen molar-refractivity contribution in [3.8, 4) is 0 Å². The first-order valence-electron chi connectivity index (χ1n) is 6.76. The normalized spacial score (nSPS) is 15.3. The Balaban J connectivity index is 2.81. The van der Waals surface area contributed by atoms with Crippen LogP contribution in [0.5, 0.6) is 0 Å². The number of nitrogens with two attached hydrogens (primary N) is 1. The fraction of sp³-hybridized carbons (Fsp3) is 0.625. The molecule has 1 nitrogen and oxygen atoms in total. The predicted octanol–water partition coefficient (Wildman–Crippen LogP) is 4.12. The van der Waals surface area contributed by atoms with Crippen molar-refractivity contribution in [2.75, 3.05) is 0 Å². The summed E-state index contributed by atoms with van der Waals surface area (Å²) in [5.41, 5.74) is 9.15. The van der Waals surface area contributed by atoms with Gasteiger partial charge in [-0.1, -0.05) is 58.9 Å². The van der Waals surface area contributed by atoms with Gasteiger partial charge in [-0.05, 0) is 35.8 Å². The molecular formula is C16H27N. The summed E-state index contributed by atoms with van der Waals surface area (Å²) in [4.78, 5) is 0. The topological polar surface area (TPSA) is 26.0 Å². The third kappa shape index (κ3) is 3.57. The van der Waals surface area contributed by atoms with E-state index in [1.165, 1.54) is 11.1 Å². The van der Waals surface area contributed by atoms with Gasteiger partial charge >= 0.3 is 0 Å². The maximum absolute atomic E-state index is 6.47. The van der Waals surface area contributed by atoms with E-state index in [-0.39, 0.29) is 5.54 Å². The Kier molecular flexibility index (Phi) is 4.76. The van der Waals surface area contributed by atoms with E-state index in [9.17, 15) is 0 Å². The van der Waals surface area contributed by atoms with Crippen molar-refractivity contribution in [1.82, 2.24) is 0 Å². The van der Waals surface area contributed by atoms with Crippen LogP contribution in [0.4, 0.5) is 0 Å². The summed E-state index contributed by atoms with van der Waals surface area (Å²) in [7, 11) is 0. The van der Waals surface area contributed by atoms with Crippen molar-refractivity contribution in [3.63, 3.8) is 0 Å². The van der Waals surface area contributed by atoms with Gasteiger partial charge in [-0.15, -0.1) is 0 Å². The molecule has 1 aromatic rings. The maximum atomic E-state index is 6.47. The summed E-state index contributed by atoms with van der Waals surface area (Å²) in [6.45, 7) is 11.1. The molecular weight excluding hydrogens is 206 g/mol. The fourth-order valence-electron chi connectivity index (χ4n) is 2.14. The largest absolute Gasteiger partial charge is 0.325 e. The van der Waals surface area contributed by atoms with E-state index in [1.807, 2.05) is 0 Å². The summed E-state index contributed by atoms with van der Waals surface area (Å²) in [6, 6.07) is 8.93. The van der Waals surface area contributed by atoms with Gasteiger partial charge in [-0.3, -0.25) is 0 Å². The second kappa shape index (κ2) is 5.68. The molecule has 0 aliphatic rings. The van der Waals surface area contributed by atoms with Gasteiger partial charge in [0.1, 0.15) is 0 Å². The minimum Gasteiger partial charge on any atom is -0.325 e. The van der Waals surface area contributed by atoms with Crippen LogP contribution in [0.2, 0.25) is 0 Å². The molecule has 1 rings (SSSR count). The van der Waals surface area contributed by atoms with E-state index in [4.69, 9.17) is 5.73 Å². The molecule has 1 heteroatoms. The number of rotatable bonds is 5. The molecule has 0 radical (unpaired) electrons. The minimum absolute atomic E-state index is 0.0701. The third-order valence-corrected chi connectivity index (χ3v) is 3.99. The van der Waals surface area contributed by atoms with E-state index < -0.39 is 0 Å². The van der Waals surface area contributed by atoms with Crippen LogP contribution in [-0.2, 0) is 6.42 Å². The van der Waals surface area contributed by atoms with Gasteiger partial charge in [0.25, 0.3) is 0 Å². The summed E-state index contributed by atoms with van der Waals surface area (Å²) in [5.74, 6) is 1.11. The second-order valence-corrected chi connectivity index (χ2v) is 5.81.